The molecule has 0 saturated heterocycles. The van der Waals surface area contributed by atoms with Crippen molar-refractivity contribution in [1.29, 1.82) is 0 Å². The number of amides is 2. The van der Waals surface area contributed by atoms with E-state index in [-0.39, 0.29) is 30.7 Å². The van der Waals surface area contributed by atoms with Crippen molar-refractivity contribution in [3.05, 3.63) is 90.0 Å². The van der Waals surface area contributed by atoms with Gasteiger partial charge in [-0.25, -0.2) is 9.18 Å². The lowest BCUT2D eigenvalue weighted by Gasteiger charge is -2.23. The van der Waals surface area contributed by atoms with Gasteiger partial charge in [0.15, 0.2) is 11.6 Å². The molecule has 2 amide bonds. The number of rotatable bonds is 10. The Bertz CT molecular complexity index is 1080. The van der Waals surface area contributed by atoms with Gasteiger partial charge in [0, 0.05) is 12.7 Å². The highest BCUT2D eigenvalue weighted by atomic mass is 19.1. The minimum Gasteiger partial charge on any atom is -0.453 e. The molecule has 2 aromatic carbocycles. The van der Waals surface area contributed by atoms with Crippen molar-refractivity contribution in [2.45, 2.75) is 39.5 Å². The van der Waals surface area contributed by atoms with Gasteiger partial charge in [-0.2, -0.15) is 0 Å². The van der Waals surface area contributed by atoms with Crippen molar-refractivity contribution >= 4 is 12.0 Å². The van der Waals surface area contributed by atoms with Gasteiger partial charge >= 0.3 is 6.09 Å². The molecule has 1 aromatic heterocycles. The van der Waals surface area contributed by atoms with Crippen molar-refractivity contribution in [3.8, 4) is 11.5 Å². The molecular weight excluding hydrogens is 437 g/mol. The first-order valence-corrected chi connectivity index (χ1v) is 11.1. The molecule has 7 nitrogen and oxygen atoms in total. The van der Waals surface area contributed by atoms with Crippen LogP contribution in [0.15, 0.2) is 73.1 Å². The van der Waals surface area contributed by atoms with Crippen LogP contribution in [0.3, 0.4) is 0 Å². The minimum atomic E-state index is -0.786. The van der Waals surface area contributed by atoms with Crippen molar-refractivity contribution in [1.82, 2.24) is 15.6 Å². The number of halogens is 1. The fraction of sp³-hybridized carbons (Fsp3) is 0.269. The Morgan fingerprint density at radius 1 is 1.06 bits per heavy atom. The number of benzene rings is 2. The van der Waals surface area contributed by atoms with Crippen LogP contribution in [0.4, 0.5) is 9.18 Å². The molecule has 0 unspecified atom stereocenters. The van der Waals surface area contributed by atoms with Crippen LogP contribution in [0.2, 0.25) is 0 Å². The number of carbonyl (C=O) groups excluding carboxylic acids is 2. The fourth-order valence-corrected chi connectivity index (χ4v) is 3.16. The standard InChI is InChI=1S/C26H28FN3O4/c1-3-18(2)24(30-26(32)33-17-19-8-5-4-6-9-19)25(31)29-15-20-11-12-23(22(27)14-20)34-21-10-7-13-28-16-21/h4-14,16,18,24H,3,15,17H2,1-2H3,(H,29,31)(H,30,32)/t18-,24-/m0/s1. The highest BCUT2D eigenvalue weighted by Crippen LogP contribution is 2.24. The van der Waals surface area contributed by atoms with Crippen LogP contribution in [-0.4, -0.2) is 23.0 Å². The molecule has 1 heterocycles. The SMILES string of the molecule is CC[C@H](C)[C@H](NC(=O)OCc1ccccc1)C(=O)NCc1ccc(Oc2cccnc2)c(F)c1. The van der Waals surface area contributed by atoms with E-state index in [0.29, 0.717) is 17.7 Å². The van der Waals surface area contributed by atoms with Crippen molar-refractivity contribution in [2.75, 3.05) is 0 Å². The maximum Gasteiger partial charge on any atom is 0.408 e. The summed E-state index contributed by atoms with van der Waals surface area (Å²) in [5.41, 5.74) is 1.40. The molecule has 2 N–H and O–H groups in total. The Labute approximate surface area is 198 Å². The molecule has 0 fully saturated rings. The van der Waals surface area contributed by atoms with Crippen LogP contribution in [0.25, 0.3) is 0 Å². The number of aromatic nitrogens is 1. The second-order valence-corrected chi connectivity index (χ2v) is 7.84. The van der Waals surface area contributed by atoms with Gasteiger partial charge in [0.1, 0.15) is 18.4 Å². The van der Waals surface area contributed by atoms with Gasteiger partial charge in [-0.15, -0.1) is 0 Å². The monoisotopic (exact) mass is 465 g/mol. The van der Waals surface area contributed by atoms with E-state index in [4.69, 9.17) is 9.47 Å². The second-order valence-electron chi connectivity index (χ2n) is 7.84. The molecule has 3 aromatic rings. The Balaban J connectivity index is 1.55. The molecule has 0 bridgehead atoms. The van der Waals surface area contributed by atoms with Crippen LogP contribution in [0.1, 0.15) is 31.4 Å². The number of ether oxygens (including phenoxy) is 2. The van der Waals surface area contributed by atoms with Crippen molar-refractivity contribution < 1.29 is 23.5 Å². The second kappa shape index (κ2) is 12.3. The van der Waals surface area contributed by atoms with Gasteiger partial charge < -0.3 is 20.1 Å². The summed E-state index contributed by atoms with van der Waals surface area (Å²) < 4.78 is 25.2. The number of pyridine rings is 1. The largest absolute Gasteiger partial charge is 0.453 e. The van der Waals surface area contributed by atoms with Gasteiger partial charge in [-0.3, -0.25) is 9.78 Å². The average Bonchev–Trinajstić information content (AvgIpc) is 2.87. The zero-order valence-electron chi connectivity index (χ0n) is 19.2. The minimum absolute atomic E-state index is 0.0587. The van der Waals surface area contributed by atoms with Crippen LogP contribution in [0.5, 0.6) is 11.5 Å². The molecular formula is C26H28FN3O4. The number of alkyl carbamates (subject to hydrolysis) is 1. The third-order valence-corrected chi connectivity index (χ3v) is 5.31. The molecule has 8 heteroatoms. The van der Waals surface area contributed by atoms with E-state index >= 15 is 0 Å². The summed E-state index contributed by atoms with van der Waals surface area (Å²) in [4.78, 5) is 29.0. The third-order valence-electron chi connectivity index (χ3n) is 5.31. The molecule has 0 radical (unpaired) electrons. The number of hydrogen-bond donors (Lipinski definition) is 2. The predicted octanol–water partition coefficient (Wildman–Crippen LogP) is 4.97. The first-order chi connectivity index (χ1) is 16.5. The van der Waals surface area contributed by atoms with Crippen LogP contribution >= 0.6 is 0 Å². The molecule has 3 rings (SSSR count). The topological polar surface area (TPSA) is 89.5 Å². The molecule has 34 heavy (non-hydrogen) atoms. The predicted molar refractivity (Wildman–Crippen MR) is 126 cm³/mol. The van der Waals surface area contributed by atoms with E-state index < -0.39 is 18.0 Å². The van der Waals surface area contributed by atoms with E-state index in [2.05, 4.69) is 15.6 Å². The average molecular weight is 466 g/mol. The number of nitrogens with zero attached hydrogens (tertiary/aromatic N) is 1. The maximum atomic E-state index is 14.5. The van der Waals surface area contributed by atoms with Crippen LogP contribution in [0, 0.1) is 11.7 Å². The third kappa shape index (κ3) is 7.30. The summed E-state index contributed by atoms with van der Waals surface area (Å²) >= 11 is 0. The number of carbonyl (C=O) groups is 2. The maximum absolute atomic E-state index is 14.5. The van der Waals surface area contributed by atoms with E-state index in [9.17, 15) is 14.0 Å². The Kier molecular flexibility index (Phi) is 8.96. The van der Waals surface area contributed by atoms with Crippen LogP contribution < -0.4 is 15.4 Å². The molecule has 0 saturated carbocycles. The van der Waals surface area contributed by atoms with Crippen molar-refractivity contribution in [2.24, 2.45) is 5.92 Å². The lowest BCUT2D eigenvalue weighted by Crippen LogP contribution is -2.50. The van der Waals surface area contributed by atoms with E-state index in [1.54, 1.807) is 24.4 Å². The van der Waals surface area contributed by atoms with Crippen molar-refractivity contribution in [3.63, 3.8) is 0 Å². The van der Waals surface area contributed by atoms with Gasteiger partial charge in [-0.1, -0.05) is 56.7 Å². The van der Waals surface area contributed by atoms with E-state index in [1.807, 2.05) is 44.2 Å². The Morgan fingerprint density at radius 2 is 1.85 bits per heavy atom. The highest BCUT2D eigenvalue weighted by Gasteiger charge is 2.26. The normalized spacial score (nSPS) is 12.3. The van der Waals surface area contributed by atoms with E-state index in [0.717, 1.165) is 5.56 Å². The first-order valence-electron chi connectivity index (χ1n) is 11.1. The summed E-state index contributed by atoms with van der Waals surface area (Å²) in [6, 6.07) is 16.3. The summed E-state index contributed by atoms with van der Waals surface area (Å²) in [6.45, 7) is 4.00. The van der Waals surface area contributed by atoms with E-state index in [1.165, 1.54) is 18.3 Å². The van der Waals surface area contributed by atoms with Gasteiger partial charge in [0.2, 0.25) is 5.91 Å². The Hall–Kier alpha value is -3.94. The van der Waals surface area contributed by atoms with Gasteiger partial charge in [0.05, 0.1) is 6.20 Å². The molecule has 0 aliphatic heterocycles. The summed E-state index contributed by atoms with van der Waals surface area (Å²) in [5.74, 6) is -0.581. The smallest absolute Gasteiger partial charge is 0.408 e. The molecule has 0 spiro atoms. The lowest BCUT2D eigenvalue weighted by atomic mass is 9.98. The number of hydrogen-bond acceptors (Lipinski definition) is 5. The number of nitrogens with one attached hydrogen (secondary N) is 2. The first kappa shape index (κ1) is 24.7. The van der Waals surface area contributed by atoms with Gasteiger partial charge in [-0.05, 0) is 41.3 Å². The zero-order chi connectivity index (χ0) is 24.3. The lowest BCUT2D eigenvalue weighted by molar-refractivity contribution is -0.124. The van der Waals surface area contributed by atoms with Crippen LogP contribution in [-0.2, 0) is 22.7 Å². The zero-order valence-corrected chi connectivity index (χ0v) is 19.2. The molecule has 178 valence electrons. The highest BCUT2D eigenvalue weighted by molar-refractivity contribution is 5.85. The summed E-state index contributed by atoms with van der Waals surface area (Å²) in [7, 11) is 0. The molecule has 2 atom stereocenters. The Morgan fingerprint density at radius 3 is 2.53 bits per heavy atom. The molecule has 0 aliphatic carbocycles. The quantitative estimate of drug-likeness (QED) is 0.441. The summed E-state index contributed by atoms with van der Waals surface area (Å²) in [5, 5.41) is 5.41. The van der Waals surface area contributed by atoms with Gasteiger partial charge in [0.25, 0.3) is 0 Å². The fourth-order valence-electron chi connectivity index (χ4n) is 3.16. The summed E-state index contributed by atoms with van der Waals surface area (Å²) in [6.07, 6.45) is 3.08. The molecule has 0 aliphatic rings.